The third-order valence-corrected chi connectivity index (χ3v) is 5.02. The molecule has 0 amide bonds. The zero-order valence-corrected chi connectivity index (χ0v) is 15.9. The Bertz CT molecular complexity index is 956. The largest absolute Gasteiger partial charge is 0.493 e. The minimum atomic E-state index is 0.750. The van der Waals surface area contributed by atoms with Crippen molar-refractivity contribution in [3.8, 4) is 5.75 Å². The Morgan fingerprint density at radius 1 is 0.852 bits per heavy atom. The summed E-state index contributed by atoms with van der Waals surface area (Å²) in [6.45, 7) is 2.99. The van der Waals surface area contributed by atoms with Crippen molar-refractivity contribution < 1.29 is 4.74 Å². The minimum Gasteiger partial charge on any atom is -0.493 e. The predicted octanol–water partition coefficient (Wildman–Crippen LogP) is 6.69. The van der Waals surface area contributed by atoms with Gasteiger partial charge in [0.1, 0.15) is 11.6 Å². The zero-order valence-electron chi connectivity index (χ0n) is 15.9. The smallest absolute Gasteiger partial charge is 0.142 e. The van der Waals surface area contributed by atoms with Gasteiger partial charge in [-0.25, -0.2) is 4.99 Å². The van der Waals surface area contributed by atoms with E-state index in [2.05, 4.69) is 54.7 Å². The molecule has 27 heavy (non-hydrogen) atoms. The number of nitrogens with zero attached hydrogens (tertiary/aromatic N) is 1. The summed E-state index contributed by atoms with van der Waals surface area (Å²) in [5, 5.41) is 5.89. The first-order valence-corrected chi connectivity index (χ1v) is 9.96. The molecule has 0 atom stereocenters. The number of unbranched alkanes of at least 4 members (excludes halogenated alkanes) is 4. The molecule has 3 aromatic rings. The molecule has 0 radical (unpaired) electrons. The van der Waals surface area contributed by atoms with E-state index in [1.807, 2.05) is 18.2 Å². The van der Waals surface area contributed by atoms with E-state index >= 15 is 0 Å². The first-order valence-electron chi connectivity index (χ1n) is 9.96. The summed E-state index contributed by atoms with van der Waals surface area (Å²) >= 11 is 0. The monoisotopic (exact) mass is 358 g/mol. The fourth-order valence-corrected chi connectivity index (χ4v) is 3.60. The summed E-state index contributed by atoms with van der Waals surface area (Å²) in [7, 11) is 0. The second kappa shape index (κ2) is 8.26. The lowest BCUT2D eigenvalue weighted by atomic mass is 10.0. The average Bonchev–Trinajstić information content (AvgIpc) is 2.71. The van der Waals surface area contributed by atoms with Crippen molar-refractivity contribution in [3.05, 3.63) is 66.2 Å². The van der Waals surface area contributed by atoms with Crippen LogP contribution in [0.4, 0.5) is 11.4 Å². The molecular weight excluding hydrogens is 332 g/mol. The second-order valence-electron chi connectivity index (χ2n) is 7.03. The van der Waals surface area contributed by atoms with Crippen molar-refractivity contribution in [2.24, 2.45) is 4.99 Å². The molecule has 0 spiro atoms. The highest BCUT2D eigenvalue weighted by molar-refractivity contribution is 6.19. The topological polar surface area (TPSA) is 33.6 Å². The third kappa shape index (κ3) is 3.82. The van der Waals surface area contributed by atoms with Gasteiger partial charge in [-0.15, -0.1) is 0 Å². The Labute approximate surface area is 161 Å². The molecule has 138 valence electrons. The van der Waals surface area contributed by atoms with Gasteiger partial charge in [-0.1, -0.05) is 69.0 Å². The van der Waals surface area contributed by atoms with Crippen LogP contribution in [0.25, 0.3) is 10.8 Å². The molecule has 4 rings (SSSR count). The van der Waals surface area contributed by atoms with Gasteiger partial charge in [-0.05, 0) is 36.1 Å². The fraction of sp³-hybridized carbons (Fsp3) is 0.292. The number of nitrogens with one attached hydrogen (secondary N) is 1. The molecule has 0 fully saturated rings. The van der Waals surface area contributed by atoms with Crippen molar-refractivity contribution >= 4 is 28.0 Å². The molecule has 3 nitrogen and oxygen atoms in total. The Hall–Kier alpha value is -2.81. The maximum Gasteiger partial charge on any atom is 0.142 e. The standard InChI is InChI=1S/C24H26N2O/c1-2-3-4-5-8-17-27-22-16-7-6-13-19(22)24-25-20-14-9-11-18-12-10-15-21(26-24)23(18)20/h6-7,9-16H,2-5,8,17H2,1H3,(H,25,26). The summed E-state index contributed by atoms with van der Waals surface area (Å²) in [6, 6.07) is 20.7. The highest BCUT2D eigenvalue weighted by Crippen LogP contribution is 2.37. The van der Waals surface area contributed by atoms with Crippen LogP contribution in [0, 0.1) is 0 Å². The van der Waals surface area contributed by atoms with E-state index in [4.69, 9.17) is 9.73 Å². The van der Waals surface area contributed by atoms with Crippen molar-refractivity contribution in [2.45, 2.75) is 39.0 Å². The molecule has 0 aliphatic carbocycles. The number of hydrogen-bond acceptors (Lipinski definition) is 3. The maximum atomic E-state index is 6.11. The zero-order chi connectivity index (χ0) is 18.5. The predicted molar refractivity (Wildman–Crippen MR) is 114 cm³/mol. The van der Waals surface area contributed by atoms with Crippen molar-refractivity contribution in [1.29, 1.82) is 0 Å². The van der Waals surface area contributed by atoms with Crippen LogP contribution < -0.4 is 10.1 Å². The van der Waals surface area contributed by atoms with Gasteiger partial charge in [0.05, 0.1) is 17.9 Å². The number of rotatable bonds is 8. The summed E-state index contributed by atoms with van der Waals surface area (Å²) in [6.07, 6.45) is 6.18. The molecule has 1 N–H and O–H groups in total. The van der Waals surface area contributed by atoms with E-state index in [0.717, 1.165) is 41.6 Å². The molecule has 3 aromatic carbocycles. The number of benzene rings is 3. The maximum absolute atomic E-state index is 6.11. The Morgan fingerprint density at radius 2 is 1.67 bits per heavy atom. The summed E-state index contributed by atoms with van der Waals surface area (Å²) in [4.78, 5) is 4.89. The quantitative estimate of drug-likeness (QED) is 0.455. The number of aliphatic imine (C=N–C) groups is 1. The van der Waals surface area contributed by atoms with Crippen molar-refractivity contribution in [3.63, 3.8) is 0 Å². The third-order valence-electron chi connectivity index (χ3n) is 5.02. The average molecular weight is 358 g/mol. The van der Waals surface area contributed by atoms with Crippen molar-refractivity contribution in [2.75, 3.05) is 11.9 Å². The van der Waals surface area contributed by atoms with Gasteiger partial charge in [0.2, 0.25) is 0 Å². The number of hydrogen-bond donors (Lipinski definition) is 1. The van der Waals surface area contributed by atoms with Crippen LogP contribution in [0.2, 0.25) is 0 Å². The van der Waals surface area contributed by atoms with E-state index in [1.165, 1.54) is 36.5 Å². The van der Waals surface area contributed by atoms with Crippen LogP contribution in [0.15, 0.2) is 65.7 Å². The lowest BCUT2D eigenvalue weighted by Gasteiger charge is -2.20. The second-order valence-corrected chi connectivity index (χ2v) is 7.03. The van der Waals surface area contributed by atoms with Crippen LogP contribution in [0.1, 0.15) is 44.6 Å². The fourth-order valence-electron chi connectivity index (χ4n) is 3.60. The highest BCUT2D eigenvalue weighted by atomic mass is 16.5. The summed E-state index contributed by atoms with van der Waals surface area (Å²) < 4.78 is 6.11. The SMILES string of the molecule is CCCCCCCOc1ccccc1C1=Nc2cccc3cccc(c23)N1. The molecule has 0 aromatic heterocycles. The van der Waals surface area contributed by atoms with E-state index in [1.54, 1.807) is 0 Å². The van der Waals surface area contributed by atoms with E-state index < -0.39 is 0 Å². The van der Waals surface area contributed by atoms with Gasteiger partial charge < -0.3 is 10.1 Å². The first-order chi connectivity index (χ1) is 13.4. The minimum absolute atomic E-state index is 0.750. The van der Waals surface area contributed by atoms with Crippen LogP contribution >= 0.6 is 0 Å². The Balaban J connectivity index is 1.56. The lowest BCUT2D eigenvalue weighted by Crippen LogP contribution is -2.17. The van der Waals surface area contributed by atoms with Crippen LogP contribution in [-0.4, -0.2) is 12.4 Å². The number of amidine groups is 1. The van der Waals surface area contributed by atoms with Crippen LogP contribution in [-0.2, 0) is 0 Å². The van der Waals surface area contributed by atoms with Crippen LogP contribution in [0.3, 0.4) is 0 Å². The van der Waals surface area contributed by atoms with Gasteiger partial charge in [0, 0.05) is 11.1 Å². The number of anilines is 1. The van der Waals surface area contributed by atoms with Gasteiger partial charge >= 0.3 is 0 Å². The van der Waals surface area contributed by atoms with Gasteiger partial charge in [-0.2, -0.15) is 0 Å². The number of ether oxygens (including phenoxy) is 1. The lowest BCUT2D eigenvalue weighted by molar-refractivity contribution is 0.304. The van der Waals surface area contributed by atoms with E-state index in [-0.39, 0.29) is 0 Å². The Kier molecular flexibility index (Phi) is 5.38. The first kappa shape index (κ1) is 17.6. The summed E-state index contributed by atoms with van der Waals surface area (Å²) in [5.74, 6) is 1.74. The molecular formula is C24H26N2O. The molecule has 1 aliphatic heterocycles. The van der Waals surface area contributed by atoms with Gasteiger partial charge in [0.25, 0.3) is 0 Å². The molecule has 0 unspecified atom stereocenters. The highest BCUT2D eigenvalue weighted by Gasteiger charge is 2.18. The van der Waals surface area contributed by atoms with E-state index in [9.17, 15) is 0 Å². The summed E-state index contributed by atoms with van der Waals surface area (Å²) in [5.41, 5.74) is 3.12. The molecule has 0 saturated carbocycles. The molecule has 0 bridgehead atoms. The molecule has 1 aliphatic rings. The normalized spacial score (nSPS) is 12.6. The Morgan fingerprint density at radius 3 is 2.56 bits per heavy atom. The van der Waals surface area contributed by atoms with E-state index in [0.29, 0.717) is 0 Å². The molecule has 3 heteroatoms. The molecule has 0 saturated heterocycles. The van der Waals surface area contributed by atoms with Gasteiger partial charge in [0.15, 0.2) is 0 Å². The van der Waals surface area contributed by atoms with Gasteiger partial charge in [-0.3, -0.25) is 0 Å². The van der Waals surface area contributed by atoms with Crippen LogP contribution in [0.5, 0.6) is 5.75 Å². The van der Waals surface area contributed by atoms with Crippen molar-refractivity contribution in [1.82, 2.24) is 0 Å². The number of para-hydroxylation sites is 1. The molecule has 1 heterocycles.